The van der Waals surface area contributed by atoms with Crippen LogP contribution in [0.5, 0.6) is 0 Å². The minimum atomic E-state index is -0.451. The second-order valence-electron chi connectivity index (χ2n) is 3.09. The van der Waals surface area contributed by atoms with Gasteiger partial charge in [-0.2, -0.15) is 0 Å². The zero-order chi connectivity index (χ0) is 11.4. The number of rotatable bonds is 3. The zero-order valence-electron chi connectivity index (χ0n) is 8.60. The highest BCUT2D eigenvalue weighted by atomic mass is 16.6. The molecule has 5 nitrogen and oxygen atoms in total. The summed E-state index contributed by atoms with van der Waals surface area (Å²) in [6.45, 7) is 2.02. The van der Waals surface area contributed by atoms with Gasteiger partial charge in [0.2, 0.25) is 0 Å². The second kappa shape index (κ2) is 4.42. The highest BCUT2D eigenvalue weighted by Gasteiger charge is 2.12. The van der Waals surface area contributed by atoms with Crippen LogP contribution >= 0.6 is 0 Å². The lowest BCUT2D eigenvalue weighted by molar-refractivity contribution is -0.385. The van der Waals surface area contributed by atoms with Crippen molar-refractivity contribution in [3.63, 3.8) is 0 Å². The summed E-state index contributed by atoms with van der Waals surface area (Å²) in [4.78, 5) is 15.9. The van der Waals surface area contributed by atoms with E-state index in [1.807, 2.05) is 0 Å². The van der Waals surface area contributed by atoms with Crippen LogP contribution in [0.3, 0.4) is 0 Å². The third-order valence-corrected chi connectivity index (χ3v) is 1.96. The number of pyridine rings is 1. The number of nitrogens with zero attached hydrogens (tertiary/aromatic N) is 3. The number of anilines is 1. The van der Waals surface area contributed by atoms with E-state index in [1.165, 1.54) is 6.07 Å². The topological polar surface area (TPSA) is 59.3 Å². The third-order valence-electron chi connectivity index (χ3n) is 1.96. The SMILES string of the molecule is C#CCN(C)c1ccc([N+](=O)[O-])c(C)n1. The molecule has 0 aliphatic rings. The van der Waals surface area contributed by atoms with Gasteiger partial charge in [-0.25, -0.2) is 4.98 Å². The maximum absolute atomic E-state index is 10.5. The Morgan fingerprint density at radius 3 is 2.80 bits per heavy atom. The minimum absolute atomic E-state index is 0.0212. The summed E-state index contributed by atoms with van der Waals surface area (Å²) in [5.41, 5.74) is 0.411. The summed E-state index contributed by atoms with van der Waals surface area (Å²) in [6, 6.07) is 3.02. The smallest absolute Gasteiger partial charge is 0.290 e. The molecule has 0 saturated carbocycles. The van der Waals surface area contributed by atoms with E-state index in [9.17, 15) is 10.1 Å². The molecule has 15 heavy (non-hydrogen) atoms. The largest absolute Gasteiger partial charge is 0.349 e. The Morgan fingerprint density at radius 1 is 1.67 bits per heavy atom. The first-order valence-corrected chi connectivity index (χ1v) is 4.33. The van der Waals surface area contributed by atoms with Crippen LogP contribution in [0.2, 0.25) is 0 Å². The molecule has 0 aliphatic carbocycles. The van der Waals surface area contributed by atoms with Gasteiger partial charge in [-0.15, -0.1) is 6.42 Å². The Bertz CT molecular complexity index is 423. The molecule has 0 saturated heterocycles. The molecule has 78 valence electrons. The van der Waals surface area contributed by atoms with Crippen LogP contribution in [-0.2, 0) is 0 Å². The van der Waals surface area contributed by atoms with Crippen LogP contribution in [0.4, 0.5) is 11.5 Å². The number of terminal acetylenes is 1. The quantitative estimate of drug-likeness (QED) is 0.425. The fraction of sp³-hybridized carbons (Fsp3) is 0.300. The van der Waals surface area contributed by atoms with Gasteiger partial charge in [0.05, 0.1) is 11.5 Å². The number of hydrogen-bond donors (Lipinski definition) is 0. The zero-order valence-corrected chi connectivity index (χ0v) is 8.60. The van der Waals surface area contributed by atoms with E-state index in [0.29, 0.717) is 18.1 Å². The van der Waals surface area contributed by atoms with Crippen LogP contribution in [-0.4, -0.2) is 23.5 Å². The molecule has 0 fully saturated rings. The van der Waals surface area contributed by atoms with Crippen molar-refractivity contribution in [3.8, 4) is 12.3 Å². The summed E-state index contributed by atoms with van der Waals surface area (Å²) >= 11 is 0. The molecule has 0 bridgehead atoms. The fourth-order valence-corrected chi connectivity index (χ4v) is 1.16. The first-order chi connectivity index (χ1) is 7.06. The predicted molar refractivity (Wildman–Crippen MR) is 57.7 cm³/mol. The first kappa shape index (κ1) is 11.0. The number of aryl methyl sites for hydroxylation is 1. The molecule has 1 heterocycles. The Balaban J connectivity index is 3.02. The van der Waals surface area contributed by atoms with Crippen LogP contribution in [0.25, 0.3) is 0 Å². The monoisotopic (exact) mass is 205 g/mol. The molecule has 0 aliphatic heterocycles. The molecule has 0 unspecified atom stereocenters. The molecule has 0 N–H and O–H groups in total. The van der Waals surface area contributed by atoms with E-state index >= 15 is 0 Å². The second-order valence-corrected chi connectivity index (χ2v) is 3.09. The lowest BCUT2D eigenvalue weighted by atomic mass is 10.3. The Morgan fingerprint density at radius 2 is 2.33 bits per heavy atom. The number of hydrogen-bond acceptors (Lipinski definition) is 4. The summed E-state index contributed by atoms with van der Waals surface area (Å²) < 4.78 is 0. The fourth-order valence-electron chi connectivity index (χ4n) is 1.16. The van der Waals surface area contributed by atoms with Crippen LogP contribution in [0.15, 0.2) is 12.1 Å². The van der Waals surface area contributed by atoms with Crippen molar-refractivity contribution in [2.75, 3.05) is 18.5 Å². The Hall–Kier alpha value is -2.09. The van der Waals surface area contributed by atoms with Crippen LogP contribution in [0, 0.1) is 29.4 Å². The lowest BCUT2D eigenvalue weighted by Gasteiger charge is -2.14. The molecule has 0 radical (unpaired) electrons. The summed E-state index contributed by atoms with van der Waals surface area (Å²) in [7, 11) is 1.79. The van der Waals surface area contributed by atoms with E-state index in [0.717, 1.165) is 0 Å². The van der Waals surface area contributed by atoms with E-state index in [1.54, 1.807) is 24.9 Å². The molecule has 0 amide bonds. The van der Waals surface area contributed by atoms with Crippen molar-refractivity contribution >= 4 is 11.5 Å². The molecular weight excluding hydrogens is 194 g/mol. The average molecular weight is 205 g/mol. The maximum Gasteiger partial charge on any atom is 0.290 e. The molecule has 1 aromatic heterocycles. The van der Waals surface area contributed by atoms with Gasteiger partial charge in [-0.1, -0.05) is 5.92 Å². The van der Waals surface area contributed by atoms with Crippen molar-refractivity contribution in [1.82, 2.24) is 4.98 Å². The minimum Gasteiger partial charge on any atom is -0.349 e. The predicted octanol–water partition coefficient (Wildman–Crippen LogP) is 1.37. The van der Waals surface area contributed by atoms with E-state index in [2.05, 4.69) is 10.9 Å². The van der Waals surface area contributed by atoms with Crippen LogP contribution in [0.1, 0.15) is 5.69 Å². The molecule has 1 aromatic rings. The van der Waals surface area contributed by atoms with Crippen LogP contribution < -0.4 is 4.90 Å². The van der Waals surface area contributed by atoms with Gasteiger partial charge < -0.3 is 4.90 Å². The molecule has 5 heteroatoms. The maximum atomic E-state index is 10.5. The third kappa shape index (κ3) is 2.44. The molecule has 0 aromatic carbocycles. The van der Waals surface area contributed by atoms with Gasteiger partial charge in [0.15, 0.2) is 0 Å². The van der Waals surface area contributed by atoms with Crippen molar-refractivity contribution in [2.24, 2.45) is 0 Å². The van der Waals surface area contributed by atoms with Gasteiger partial charge in [-0.05, 0) is 13.0 Å². The van der Waals surface area contributed by atoms with Crippen molar-refractivity contribution in [1.29, 1.82) is 0 Å². The van der Waals surface area contributed by atoms with Gasteiger partial charge in [-0.3, -0.25) is 10.1 Å². The van der Waals surface area contributed by atoms with Gasteiger partial charge >= 0.3 is 0 Å². The molecule has 1 rings (SSSR count). The van der Waals surface area contributed by atoms with E-state index < -0.39 is 4.92 Å². The number of aromatic nitrogens is 1. The van der Waals surface area contributed by atoms with Gasteiger partial charge in [0.25, 0.3) is 5.69 Å². The van der Waals surface area contributed by atoms with Crippen molar-refractivity contribution in [3.05, 3.63) is 27.9 Å². The van der Waals surface area contributed by atoms with E-state index in [4.69, 9.17) is 6.42 Å². The number of nitro groups is 1. The summed E-state index contributed by atoms with van der Waals surface area (Å²) in [5.74, 6) is 3.11. The standard InChI is InChI=1S/C10H11N3O2/c1-4-7-12(3)10-6-5-9(13(14)15)8(2)11-10/h1,5-6H,7H2,2-3H3. The summed E-state index contributed by atoms with van der Waals surface area (Å²) in [5, 5.41) is 10.5. The van der Waals surface area contributed by atoms with E-state index in [-0.39, 0.29) is 5.69 Å². The van der Waals surface area contributed by atoms with Gasteiger partial charge in [0.1, 0.15) is 11.5 Å². The highest BCUT2D eigenvalue weighted by molar-refractivity contribution is 5.46. The Labute approximate surface area is 87.9 Å². The molecule has 0 atom stereocenters. The average Bonchev–Trinajstić information content (AvgIpc) is 2.17. The Kier molecular flexibility index (Phi) is 3.24. The van der Waals surface area contributed by atoms with Crippen molar-refractivity contribution < 1.29 is 4.92 Å². The molecular formula is C10H11N3O2. The normalized spacial score (nSPS) is 9.40. The molecule has 0 spiro atoms. The van der Waals surface area contributed by atoms with Gasteiger partial charge in [0, 0.05) is 13.1 Å². The summed E-state index contributed by atoms with van der Waals surface area (Å²) in [6.07, 6.45) is 5.16. The van der Waals surface area contributed by atoms with Crippen molar-refractivity contribution in [2.45, 2.75) is 6.92 Å². The lowest BCUT2D eigenvalue weighted by Crippen LogP contribution is -2.18. The highest BCUT2D eigenvalue weighted by Crippen LogP contribution is 2.19. The first-order valence-electron chi connectivity index (χ1n) is 4.33.